The molecule has 0 heterocycles. The summed E-state index contributed by atoms with van der Waals surface area (Å²) in [6, 6.07) is 8.42. The Hall–Kier alpha value is -1.02. The summed E-state index contributed by atoms with van der Waals surface area (Å²) < 4.78 is 5.61. The lowest BCUT2D eigenvalue weighted by molar-refractivity contribution is 0.242. The Bertz CT molecular complexity index is 292. The quantitative estimate of drug-likeness (QED) is 0.697. The molecule has 0 amide bonds. The van der Waals surface area contributed by atoms with Crippen LogP contribution in [-0.4, -0.2) is 19.2 Å². The molecule has 0 aliphatic heterocycles. The Balaban J connectivity index is 2.25. The smallest absolute Gasteiger partial charge is 0.119 e. The van der Waals surface area contributed by atoms with Gasteiger partial charge in [0.15, 0.2) is 0 Å². The molecule has 2 nitrogen and oxygen atoms in total. The number of benzene rings is 1. The van der Waals surface area contributed by atoms with Crippen LogP contribution in [0.3, 0.4) is 0 Å². The first kappa shape index (κ1) is 14.0. The summed E-state index contributed by atoms with van der Waals surface area (Å²) in [5.74, 6) is 0.961. The van der Waals surface area contributed by atoms with Crippen LogP contribution in [0, 0.1) is 0 Å². The maximum atomic E-state index is 5.61. The number of unbranched alkanes of at least 4 members (excludes halogenated alkanes) is 1. The van der Waals surface area contributed by atoms with E-state index in [1.54, 1.807) is 0 Å². The van der Waals surface area contributed by atoms with Gasteiger partial charge in [-0.1, -0.05) is 25.5 Å². The molecule has 0 unspecified atom stereocenters. The SMILES string of the molecule is CCCCNCCc1ccc(OC(C)C)cc1. The number of rotatable bonds is 8. The minimum absolute atomic E-state index is 0.247. The lowest BCUT2D eigenvalue weighted by Crippen LogP contribution is -2.18. The maximum Gasteiger partial charge on any atom is 0.119 e. The van der Waals surface area contributed by atoms with Gasteiger partial charge >= 0.3 is 0 Å². The van der Waals surface area contributed by atoms with Crippen molar-refractivity contribution in [3.05, 3.63) is 29.8 Å². The molecular weight excluding hydrogens is 210 g/mol. The van der Waals surface area contributed by atoms with Crippen LogP contribution in [0.5, 0.6) is 5.75 Å². The Morgan fingerprint density at radius 3 is 2.41 bits per heavy atom. The Labute approximate surface area is 105 Å². The van der Waals surface area contributed by atoms with Gasteiger partial charge in [0.25, 0.3) is 0 Å². The average molecular weight is 235 g/mol. The monoisotopic (exact) mass is 235 g/mol. The summed E-state index contributed by atoms with van der Waals surface area (Å²) >= 11 is 0. The Kier molecular flexibility index (Phi) is 6.71. The third kappa shape index (κ3) is 6.32. The van der Waals surface area contributed by atoms with Crippen molar-refractivity contribution < 1.29 is 4.74 Å². The number of ether oxygens (including phenoxy) is 1. The fourth-order valence-corrected chi connectivity index (χ4v) is 1.67. The van der Waals surface area contributed by atoms with E-state index in [4.69, 9.17) is 4.74 Å². The second-order valence-electron chi connectivity index (χ2n) is 4.66. The van der Waals surface area contributed by atoms with E-state index in [0.717, 1.165) is 25.3 Å². The molecule has 2 heteroatoms. The van der Waals surface area contributed by atoms with Crippen molar-refractivity contribution in [3.8, 4) is 5.75 Å². The van der Waals surface area contributed by atoms with Crippen molar-refractivity contribution >= 4 is 0 Å². The molecule has 1 rings (SSSR count). The van der Waals surface area contributed by atoms with Gasteiger partial charge in [-0.05, 0) is 57.5 Å². The van der Waals surface area contributed by atoms with Gasteiger partial charge in [-0.15, -0.1) is 0 Å². The highest BCUT2D eigenvalue weighted by molar-refractivity contribution is 5.27. The first-order valence-corrected chi connectivity index (χ1v) is 6.68. The molecule has 1 aromatic rings. The highest BCUT2D eigenvalue weighted by Gasteiger charge is 1.98. The van der Waals surface area contributed by atoms with Gasteiger partial charge in [0, 0.05) is 0 Å². The van der Waals surface area contributed by atoms with Gasteiger partial charge in [0.2, 0.25) is 0 Å². The molecule has 0 saturated heterocycles. The molecule has 0 saturated carbocycles. The highest BCUT2D eigenvalue weighted by Crippen LogP contribution is 2.13. The second kappa shape index (κ2) is 8.13. The first-order valence-electron chi connectivity index (χ1n) is 6.68. The fourth-order valence-electron chi connectivity index (χ4n) is 1.67. The van der Waals surface area contributed by atoms with Crippen LogP contribution in [0.15, 0.2) is 24.3 Å². The summed E-state index contributed by atoms with van der Waals surface area (Å²) in [6.07, 6.45) is 3.86. The van der Waals surface area contributed by atoms with E-state index in [9.17, 15) is 0 Å². The second-order valence-corrected chi connectivity index (χ2v) is 4.66. The van der Waals surface area contributed by atoms with E-state index in [-0.39, 0.29) is 6.10 Å². The molecule has 0 aliphatic carbocycles. The molecule has 0 aromatic heterocycles. The maximum absolute atomic E-state index is 5.61. The summed E-state index contributed by atoms with van der Waals surface area (Å²) in [4.78, 5) is 0. The third-order valence-electron chi connectivity index (χ3n) is 2.59. The summed E-state index contributed by atoms with van der Waals surface area (Å²) in [6.45, 7) is 8.50. The minimum Gasteiger partial charge on any atom is -0.491 e. The molecule has 0 fully saturated rings. The summed E-state index contributed by atoms with van der Waals surface area (Å²) in [7, 11) is 0. The van der Waals surface area contributed by atoms with Gasteiger partial charge in [0.1, 0.15) is 5.75 Å². The van der Waals surface area contributed by atoms with Crippen LogP contribution in [-0.2, 0) is 6.42 Å². The van der Waals surface area contributed by atoms with Gasteiger partial charge in [-0.2, -0.15) is 0 Å². The van der Waals surface area contributed by atoms with Crippen molar-refractivity contribution in [2.24, 2.45) is 0 Å². The van der Waals surface area contributed by atoms with Crippen molar-refractivity contribution in [1.82, 2.24) is 5.32 Å². The zero-order chi connectivity index (χ0) is 12.5. The van der Waals surface area contributed by atoms with Crippen LogP contribution in [0.4, 0.5) is 0 Å². The molecule has 1 aromatic carbocycles. The Morgan fingerprint density at radius 1 is 1.12 bits per heavy atom. The van der Waals surface area contributed by atoms with E-state index in [0.29, 0.717) is 0 Å². The predicted molar refractivity (Wildman–Crippen MR) is 73.7 cm³/mol. The van der Waals surface area contributed by atoms with Gasteiger partial charge in [0.05, 0.1) is 6.10 Å². The van der Waals surface area contributed by atoms with Crippen molar-refractivity contribution in [1.29, 1.82) is 0 Å². The predicted octanol–water partition coefficient (Wildman–Crippen LogP) is 3.41. The van der Waals surface area contributed by atoms with Gasteiger partial charge in [-0.25, -0.2) is 0 Å². The van der Waals surface area contributed by atoms with Crippen LogP contribution in [0.25, 0.3) is 0 Å². The average Bonchev–Trinajstić information content (AvgIpc) is 2.30. The molecule has 0 bridgehead atoms. The molecular formula is C15H25NO. The topological polar surface area (TPSA) is 21.3 Å². The molecule has 0 spiro atoms. The highest BCUT2D eigenvalue weighted by atomic mass is 16.5. The molecule has 96 valence electrons. The van der Waals surface area contributed by atoms with Crippen molar-refractivity contribution in [3.63, 3.8) is 0 Å². The Morgan fingerprint density at radius 2 is 1.82 bits per heavy atom. The molecule has 0 atom stereocenters. The lowest BCUT2D eigenvalue weighted by Gasteiger charge is -2.10. The minimum atomic E-state index is 0.247. The first-order chi connectivity index (χ1) is 8.22. The summed E-state index contributed by atoms with van der Waals surface area (Å²) in [5.41, 5.74) is 1.37. The van der Waals surface area contributed by atoms with Crippen LogP contribution < -0.4 is 10.1 Å². The normalized spacial score (nSPS) is 10.8. The number of hydrogen-bond acceptors (Lipinski definition) is 2. The van der Waals surface area contributed by atoms with Crippen LogP contribution in [0.2, 0.25) is 0 Å². The van der Waals surface area contributed by atoms with E-state index in [1.165, 1.54) is 18.4 Å². The van der Waals surface area contributed by atoms with E-state index < -0.39 is 0 Å². The van der Waals surface area contributed by atoms with E-state index in [2.05, 4.69) is 36.5 Å². The van der Waals surface area contributed by atoms with Crippen molar-refractivity contribution in [2.45, 2.75) is 46.1 Å². The fraction of sp³-hybridized carbons (Fsp3) is 0.600. The van der Waals surface area contributed by atoms with E-state index >= 15 is 0 Å². The van der Waals surface area contributed by atoms with Crippen LogP contribution in [0.1, 0.15) is 39.2 Å². The lowest BCUT2D eigenvalue weighted by atomic mass is 10.1. The molecule has 0 aliphatic rings. The molecule has 1 N–H and O–H groups in total. The molecule has 17 heavy (non-hydrogen) atoms. The summed E-state index contributed by atoms with van der Waals surface area (Å²) in [5, 5.41) is 3.45. The zero-order valence-electron chi connectivity index (χ0n) is 11.3. The van der Waals surface area contributed by atoms with Crippen LogP contribution >= 0.6 is 0 Å². The molecule has 0 radical (unpaired) electrons. The van der Waals surface area contributed by atoms with Gasteiger partial charge < -0.3 is 10.1 Å². The van der Waals surface area contributed by atoms with E-state index in [1.807, 2.05) is 13.8 Å². The largest absolute Gasteiger partial charge is 0.491 e. The standard InChI is InChI=1S/C15H25NO/c1-4-5-11-16-12-10-14-6-8-15(9-7-14)17-13(2)3/h6-9,13,16H,4-5,10-12H2,1-3H3. The number of hydrogen-bond donors (Lipinski definition) is 1. The zero-order valence-corrected chi connectivity index (χ0v) is 11.3. The number of nitrogens with one attached hydrogen (secondary N) is 1. The van der Waals surface area contributed by atoms with Gasteiger partial charge in [-0.3, -0.25) is 0 Å². The third-order valence-corrected chi connectivity index (χ3v) is 2.59. The van der Waals surface area contributed by atoms with Crippen molar-refractivity contribution in [2.75, 3.05) is 13.1 Å².